The second-order valence-corrected chi connectivity index (χ2v) is 12.7. The number of rotatable bonds is 10. The highest BCUT2D eigenvalue weighted by molar-refractivity contribution is 8.02. The predicted octanol–water partition coefficient (Wildman–Crippen LogP) is 0.496. The van der Waals surface area contributed by atoms with Crippen LogP contribution in [0.5, 0.6) is 0 Å². The summed E-state index contributed by atoms with van der Waals surface area (Å²) in [5, 5.41) is 25.8. The van der Waals surface area contributed by atoms with Crippen molar-refractivity contribution in [1.82, 2.24) is 20.2 Å². The quantitative estimate of drug-likeness (QED) is 0.0803. The molecular weight excluding hydrogens is 603 g/mol. The van der Waals surface area contributed by atoms with Crippen LogP contribution in [0.4, 0.5) is 5.13 Å². The number of nitrogens with two attached hydrogens (primary N) is 1. The number of hydrogen-bond acceptors (Lipinski definition) is 13. The van der Waals surface area contributed by atoms with Gasteiger partial charge >= 0.3 is 11.9 Å². The van der Waals surface area contributed by atoms with Crippen molar-refractivity contribution in [3.05, 3.63) is 40.8 Å². The van der Waals surface area contributed by atoms with E-state index in [9.17, 15) is 24.3 Å². The predicted molar refractivity (Wildman–Crippen MR) is 148 cm³/mol. The molecular formula is C22H20N7O7S4+. The van der Waals surface area contributed by atoms with Gasteiger partial charge in [-0.2, -0.15) is 0 Å². The van der Waals surface area contributed by atoms with Crippen LogP contribution in [0.25, 0.3) is 10.2 Å². The number of aliphatic carboxylic acids is 2. The summed E-state index contributed by atoms with van der Waals surface area (Å²) in [7, 11) is 1.90. The SMILES string of the molecule is C[n+]1ccc2sc(SCC3=C(C(=O)O)N4C(=O)C(NC(=O)C(=NOCC(=O)O)c5csc(N)n5)[C@@H]4SC3)nc2c1. The molecule has 18 heteroatoms. The molecule has 5 rings (SSSR count). The monoisotopic (exact) mass is 622 g/mol. The fourth-order valence-corrected chi connectivity index (χ4v) is 7.99. The Morgan fingerprint density at radius 3 is 2.85 bits per heavy atom. The number of carbonyl (C=O) groups excluding carboxylic acids is 2. The number of β-lactam (4-membered cyclic amide) rings is 1. The van der Waals surface area contributed by atoms with Crippen LogP contribution in [0.15, 0.2) is 44.6 Å². The fourth-order valence-electron chi connectivity index (χ4n) is 3.92. The lowest BCUT2D eigenvalue weighted by Crippen LogP contribution is -2.71. The molecule has 40 heavy (non-hydrogen) atoms. The number of fused-ring (bicyclic) bond motifs is 2. The van der Waals surface area contributed by atoms with Gasteiger partial charge in [0.25, 0.3) is 11.8 Å². The Labute approximate surface area is 241 Å². The zero-order valence-electron chi connectivity index (χ0n) is 20.5. The summed E-state index contributed by atoms with van der Waals surface area (Å²) in [6, 6.07) is 0.928. The number of anilines is 1. The van der Waals surface area contributed by atoms with Crippen LogP contribution >= 0.6 is 46.2 Å². The number of carboxylic acid groups (broad SMARTS) is 2. The van der Waals surface area contributed by atoms with Crippen LogP contribution in [-0.4, -0.2) is 84.1 Å². The van der Waals surface area contributed by atoms with E-state index >= 15 is 0 Å². The number of carbonyl (C=O) groups is 4. The third-order valence-corrected chi connectivity index (χ3v) is 9.96. The highest BCUT2D eigenvalue weighted by atomic mass is 32.2. The number of thiazole rings is 2. The number of nitrogen functional groups attached to an aromatic ring is 1. The molecule has 0 aromatic carbocycles. The summed E-state index contributed by atoms with van der Waals surface area (Å²) >= 11 is 5.26. The van der Waals surface area contributed by atoms with E-state index in [-0.39, 0.29) is 22.2 Å². The van der Waals surface area contributed by atoms with Gasteiger partial charge in [0.15, 0.2) is 27.6 Å². The maximum absolute atomic E-state index is 13.1. The number of amides is 2. The Morgan fingerprint density at radius 2 is 2.15 bits per heavy atom. The van der Waals surface area contributed by atoms with Gasteiger partial charge in [-0.1, -0.05) is 16.9 Å². The third-order valence-electron chi connectivity index (χ3n) is 5.68. The van der Waals surface area contributed by atoms with E-state index in [4.69, 9.17) is 15.7 Å². The average molecular weight is 623 g/mol. The first-order valence-corrected chi connectivity index (χ1v) is 15.1. The van der Waals surface area contributed by atoms with Crippen LogP contribution in [0.3, 0.4) is 0 Å². The summed E-state index contributed by atoms with van der Waals surface area (Å²) in [4.78, 5) is 63.6. The summed E-state index contributed by atoms with van der Waals surface area (Å²) in [6.45, 7) is -0.797. The van der Waals surface area contributed by atoms with E-state index in [1.807, 2.05) is 30.1 Å². The molecule has 2 aliphatic heterocycles. The van der Waals surface area contributed by atoms with Crippen LogP contribution < -0.4 is 15.6 Å². The van der Waals surface area contributed by atoms with Gasteiger partial charge in [0.1, 0.15) is 35.4 Å². The topological polar surface area (TPSA) is 201 Å². The maximum Gasteiger partial charge on any atom is 0.352 e. The normalized spacial score (nSPS) is 18.9. The van der Waals surface area contributed by atoms with Gasteiger partial charge in [-0.15, -0.1) is 34.4 Å². The van der Waals surface area contributed by atoms with Gasteiger partial charge in [-0.3, -0.25) is 14.5 Å². The van der Waals surface area contributed by atoms with Gasteiger partial charge in [0, 0.05) is 23.0 Å². The van der Waals surface area contributed by atoms with Gasteiger partial charge in [0.2, 0.25) is 6.61 Å². The molecule has 2 aliphatic rings. The van der Waals surface area contributed by atoms with Crippen LogP contribution in [-0.2, 0) is 31.1 Å². The van der Waals surface area contributed by atoms with E-state index in [1.165, 1.54) is 45.1 Å². The maximum atomic E-state index is 13.1. The number of aryl methyl sites for hydroxylation is 1. The number of hydrogen-bond donors (Lipinski definition) is 4. The Bertz CT molecular complexity index is 1600. The number of nitrogens with one attached hydrogen (secondary N) is 1. The van der Waals surface area contributed by atoms with Gasteiger partial charge in [-0.25, -0.2) is 24.1 Å². The molecule has 0 bridgehead atoms. The first-order chi connectivity index (χ1) is 19.1. The molecule has 5 heterocycles. The third kappa shape index (κ3) is 5.60. The van der Waals surface area contributed by atoms with Crippen molar-refractivity contribution < 1.29 is 38.8 Å². The standard InChI is InChI=1S/C22H19N7O7S4/c1-28-3-2-12-10(4-28)25-22(40-12)39-7-9-6-37-19-15(18(33)29(19)16(9)20(34)35)26-17(32)14(27-36-5-13(30)31)11-8-38-21(23)24-11/h2-4,8,15,19H,5-7H2,1H3,(H4-,23,24,26,30,31,32,34,35)/p+1/t15?,19-/m0/s1. The van der Waals surface area contributed by atoms with Gasteiger partial charge < -0.3 is 26.1 Å². The smallest absolute Gasteiger partial charge is 0.352 e. The van der Waals surface area contributed by atoms with Crippen LogP contribution in [0, 0.1) is 0 Å². The molecule has 14 nitrogen and oxygen atoms in total. The Kier molecular flexibility index (Phi) is 7.92. The molecule has 208 valence electrons. The number of carboxylic acids is 2. The Hall–Kier alpha value is -3.74. The summed E-state index contributed by atoms with van der Waals surface area (Å²) < 4.78 is 3.69. The highest BCUT2D eigenvalue weighted by Crippen LogP contribution is 2.42. The Morgan fingerprint density at radius 1 is 1.35 bits per heavy atom. The zero-order valence-corrected chi connectivity index (χ0v) is 23.7. The molecule has 0 saturated carbocycles. The second kappa shape index (κ2) is 11.4. The van der Waals surface area contributed by atoms with Crippen LogP contribution in [0.2, 0.25) is 0 Å². The van der Waals surface area contributed by atoms with Crippen molar-refractivity contribution >= 4 is 91.0 Å². The zero-order chi connectivity index (χ0) is 28.6. The minimum atomic E-state index is -1.30. The average Bonchev–Trinajstić information content (AvgIpc) is 3.52. The van der Waals surface area contributed by atoms with E-state index in [1.54, 1.807) is 0 Å². The van der Waals surface area contributed by atoms with Crippen molar-refractivity contribution in [1.29, 1.82) is 0 Å². The van der Waals surface area contributed by atoms with E-state index in [0.717, 1.165) is 25.9 Å². The van der Waals surface area contributed by atoms with E-state index in [2.05, 4.69) is 20.4 Å². The molecule has 1 saturated heterocycles. The Balaban J connectivity index is 1.30. The molecule has 1 unspecified atom stereocenters. The summed E-state index contributed by atoms with van der Waals surface area (Å²) in [6.07, 6.45) is 3.83. The lowest BCUT2D eigenvalue weighted by atomic mass is 10.0. The lowest BCUT2D eigenvalue weighted by Gasteiger charge is -2.49. The number of pyridine rings is 1. The fraction of sp³-hybridized carbons (Fsp3) is 0.273. The van der Waals surface area contributed by atoms with Crippen molar-refractivity contribution in [3.8, 4) is 0 Å². The number of aromatic nitrogens is 3. The first-order valence-electron chi connectivity index (χ1n) is 11.3. The summed E-state index contributed by atoms with van der Waals surface area (Å²) in [5.74, 6) is -3.32. The molecule has 0 spiro atoms. The van der Waals surface area contributed by atoms with Gasteiger partial charge in [0.05, 0.1) is 4.70 Å². The molecule has 2 atom stereocenters. The molecule has 3 aromatic heterocycles. The molecule has 1 fully saturated rings. The van der Waals surface area contributed by atoms with Gasteiger partial charge in [-0.05, 0) is 5.57 Å². The van der Waals surface area contributed by atoms with Crippen LogP contribution in [0.1, 0.15) is 5.69 Å². The largest absolute Gasteiger partial charge is 0.479 e. The van der Waals surface area contributed by atoms with E-state index < -0.39 is 41.8 Å². The number of nitrogens with zero attached hydrogens (tertiary/aromatic N) is 5. The summed E-state index contributed by atoms with van der Waals surface area (Å²) in [5.41, 5.74) is 6.63. The molecule has 0 radical (unpaired) electrons. The van der Waals surface area contributed by atoms with Crippen molar-refractivity contribution in [2.45, 2.75) is 15.8 Å². The van der Waals surface area contributed by atoms with Crippen molar-refractivity contribution in [2.24, 2.45) is 12.2 Å². The first kappa shape index (κ1) is 27.8. The second-order valence-electron chi connectivity index (χ2n) is 8.42. The molecule has 3 aromatic rings. The minimum absolute atomic E-state index is 0.0411. The number of thioether (sulfide) groups is 2. The molecule has 0 aliphatic carbocycles. The number of oxime groups is 1. The molecule has 2 amide bonds. The highest BCUT2D eigenvalue weighted by Gasteiger charge is 2.54. The van der Waals surface area contributed by atoms with Crippen molar-refractivity contribution in [2.75, 3.05) is 23.8 Å². The van der Waals surface area contributed by atoms with E-state index in [0.29, 0.717) is 17.1 Å². The van der Waals surface area contributed by atoms with Crippen molar-refractivity contribution in [3.63, 3.8) is 0 Å². The molecule has 5 N–H and O–H groups in total. The lowest BCUT2D eigenvalue weighted by molar-refractivity contribution is -0.670. The minimum Gasteiger partial charge on any atom is -0.479 e.